The van der Waals surface area contributed by atoms with Crippen LogP contribution in [-0.2, 0) is 9.53 Å². The van der Waals surface area contributed by atoms with Gasteiger partial charge in [-0.2, -0.15) is 0 Å². The van der Waals surface area contributed by atoms with Crippen molar-refractivity contribution in [2.24, 2.45) is 5.92 Å². The second kappa shape index (κ2) is 5.82. The Morgan fingerprint density at radius 1 is 1.72 bits per heavy atom. The summed E-state index contributed by atoms with van der Waals surface area (Å²) in [5.41, 5.74) is 1.28. The number of methoxy groups -OCH3 is 1. The van der Waals surface area contributed by atoms with Gasteiger partial charge in [-0.3, -0.25) is 4.79 Å². The molecule has 0 bridgehead atoms. The quantitative estimate of drug-likeness (QED) is 0.818. The van der Waals surface area contributed by atoms with Crippen LogP contribution in [0.25, 0.3) is 0 Å². The number of ether oxygens (including phenoxy) is 1. The molecule has 1 aliphatic carbocycles. The number of rotatable bonds is 6. The van der Waals surface area contributed by atoms with Crippen molar-refractivity contribution in [2.75, 3.05) is 20.3 Å². The molecule has 1 aromatic heterocycles. The Bertz CT molecular complexity index is 418. The Hall–Kier alpha value is -0.910. The first-order chi connectivity index (χ1) is 8.63. The van der Waals surface area contributed by atoms with Crippen molar-refractivity contribution in [2.45, 2.75) is 25.4 Å². The van der Waals surface area contributed by atoms with E-state index in [0.717, 1.165) is 6.42 Å². The first-order valence-electron chi connectivity index (χ1n) is 6.12. The molecule has 18 heavy (non-hydrogen) atoms. The lowest BCUT2D eigenvalue weighted by Gasteiger charge is -2.10. The molecule has 1 amide bonds. The molecular formula is C13H19NO3S. The van der Waals surface area contributed by atoms with Crippen LogP contribution in [0.4, 0.5) is 0 Å². The number of aryl methyl sites for hydroxylation is 1. The molecule has 5 heteroatoms. The van der Waals surface area contributed by atoms with Gasteiger partial charge in [0, 0.05) is 30.4 Å². The van der Waals surface area contributed by atoms with Crippen molar-refractivity contribution in [3.05, 3.63) is 21.9 Å². The summed E-state index contributed by atoms with van der Waals surface area (Å²) in [6.07, 6.45) is 0.299. The zero-order valence-corrected chi connectivity index (χ0v) is 11.5. The fourth-order valence-electron chi connectivity index (χ4n) is 2.14. The van der Waals surface area contributed by atoms with Crippen LogP contribution in [0.15, 0.2) is 11.4 Å². The first-order valence-corrected chi connectivity index (χ1v) is 7.00. The summed E-state index contributed by atoms with van der Waals surface area (Å²) in [5, 5.41) is 14.3. The number of thiophene rings is 1. The van der Waals surface area contributed by atoms with Gasteiger partial charge in [0.2, 0.25) is 5.91 Å². The highest BCUT2D eigenvalue weighted by molar-refractivity contribution is 7.10. The van der Waals surface area contributed by atoms with E-state index in [9.17, 15) is 9.90 Å². The molecule has 1 aromatic rings. The number of amides is 1. The molecule has 2 rings (SSSR count). The van der Waals surface area contributed by atoms with Crippen LogP contribution >= 0.6 is 11.3 Å². The van der Waals surface area contributed by atoms with E-state index in [-0.39, 0.29) is 25.0 Å². The maximum atomic E-state index is 11.9. The highest BCUT2D eigenvalue weighted by Crippen LogP contribution is 2.50. The van der Waals surface area contributed by atoms with Crippen LogP contribution in [0, 0.1) is 12.8 Å². The molecule has 2 N–H and O–H groups in total. The Morgan fingerprint density at radius 3 is 3.11 bits per heavy atom. The average molecular weight is 269 g/mol. The third-order valence-corrected chi connectivity index (χ3v) is 4.39. The summed E-state index contributed by atoms with van der Waals surface area (Å²) in [5.74, 6) is 0.504. The zero-order chi connectivity index (χ0) is 13.1. The van der Waals surface area contributed by atoms with Crippen molar-refractivity contribution >= 4 is 17.2 Å². The lowest BCUT2D eigenvalue weighted by Crippen LogP contribution is -2.35. The van der Waals surface area contributed by atoms with Gasteiger partial charge in [0.05, 0.1) is 12.7 Å². The molecule has 100 valence electrons. The molecule has 3 unspecified atom stereocenters. The Labute approximate surface area is 111 Å². The number of aliphatic hydroxyl groups is 1. The third-order valence-electron chi connectivity index (χ3n) is 3.24. The lowest BCUT2D eigenvalue weighted by molar-refractivity contribution is -0.123. The predicted molar refractivity (Wildman–Crippen MR) is 70.8 cm³/mol. The van der Waals surface area contributed by atoms with Crippen LogP contribution < -0.4 is 5.32 Å². The van der Waals surface area contributed by atoms with E-state index >= 15 is 0 Å². The molecule has 1 fully saturated rings. The van der Waals surface area contributed by atoms with E-state index in [1.54, 1.807) is 11.3 Å². The van der Waals surface area contributed by atoms with Crippen molar-refractivity contribution in [1.29, 1.82) is 0 Å². The molecule has 0 aliphatic heterocycles. The maximum absolute atomic E-state index is 11.9. The van der Waals surface area contributed by atoms with E-state index in [1.165, 1.54) is 17.6 Å². The summed E-state index contributed by atoms with van der Waals surface area (Å²) >= 11 is 1.72. The van der Waals surface area contributed by atoms with Gasteiger partial charge in [0.25, 0.3) is 0 Å². The minimum Gasteiger partial charge on any atom is -0.389 e. The molecule has 1 heterocycles. The van der Waals surface area contributed by atoms with E-state index in [1.807, 2.05) is 0 Å². The molecule has 0 saturated heterocycles. The summed E-state index contributed by atoms with van der Waals surface area (Å²) in [6, 6.07) is 2.09. The Morgan fingerprint density at radius 2 is 2.50 bits per heavy atom. The molecule has 1 aliphatic rings. The zero-order valence-electron chi connectivity index (χ0n) is 10.7. The molecule has 0 radical (unpaired) electrons. The minimum atomic E-state index is -0.625. The summed E-state index contributed by atoms with van der Waals surface area (Å²) in [7, 11) is 1.53. The van der Waals surface area contributed by atoms with Crippen LogP contribution in [0.3, 0.4) is 0 Å². The predicted octanol–water partition coefficient (Wildman–Crippen LogP) is 1.28. The fourth-order valence-corrected chi connectivity index (χ4v) is 3.25. The van der Waals surface area contributed by atoms with Crippen molar-refractivity contribution in [1.82, 2.24) is 5.32 Å². The van der Waals surface area contributed by atoms with E-state index in [2.05, 4.69) is 23.7 Å². The van der Waals surface area contributed by atoms with Gasteiger partial charge in [-0.15, -0.1) is 11.3 Å². The number of hydrogen-bond acceptors (Lipinski definition) is 4. The summed E-state index contributed by atoms with van der Waals surface area (Å²) < 4.78 is 4.81. The maximum Gasteiger partial charge on any atom is 0.223 e. The largest absolute Gasteiger partial charge is 0.389 e. The van der Waals surface area contributed by atoms with E-state index < -0.39 is 6.10 Å². The molecular weight excluding hydrogens is 250 g/mol. The normalized spacial score (nSPS) is 23.7. The van der Waals surface area contributed by atoms with Crippen molar-refractivity contribution < 1.29 is 14.6 Å². The van der Waals surface area contributed by atoms with Gasteiger partial charge in [-0.25, -0.2) is 0 Å². The van der Waals surface area contributed by atoms with Crippen LogP contribution in [-0.4, -0.2) is 37.4 Å². The fraction of sp³-hybridized carbons (Fsp3) is 0.615. The van der Waals surface area contributed by atoms with Gasteiger partial charge in [-0.05, 0) is 30.4 Å². The van der Waals surface area contributed by atoms with E-state index in [4.69, 9.17) is 4.74 Å². The number of carbonyl (C=O) groups excluding carboxylic acids is 1. The second-order valence-electron chi connectivity index (χ2n) is 4.77. The molecule has 4 nitrogen and oxygen atoms in total. The van der Waals surface area contributed by atoms with Crippen LogP contribution in [0.5, 0.6) is 0 Å². The third kappa shape index (κ3) is 3.10. The van der Waals surface area contributed by atoms with Crippen molar-refractivity contribution in [3.63, 3.8) is 0 Å². The number of carbonyl (C=O) groups is 1. The molecule has 0 spiro atoms. The molecule has 1 saturated carbocycles. The minimum absolute atomic E-state index is 0.0444. The number of aliphatic hydroxyl groups excluding tert-OH is 1. The first kappa shape index (κ1) is 13.5. The Kier molecular flexibility index (Phi) is 4.37. The SMILES string of the molecule is COCC(O)CNC(=O)C1CC1c1sccc1C. The van der Waals surface area contributed by atoms with Gasteiger partial charge in [-0.1, -0.05) is 0 Å². The molecule has 0 aromatic carbocycles. The van der Waals surface area contributed by atoms with Gasteiger partial charge < -0.3 is 15.2 Å². The standard InChI is InChI=1S/C13H19NO3S/c1-8-3-4-18-12(8)10-5-11(10)13(16)14-6-9(15)7-17-2/h3-4,9-11,15H,5-7H2,1-2H3,(H,14,16). The highest BCUT2D eigenvalue weighted by Gasteiger charge is 2.45. The molecule has 3 atom stereocenters. The van der Waals surface area contributed by atoms with Gasteiger partial charge in [0.15, 0.2) is 0 Å². The van der Waals surface area contributed by atoms with Crippen LogP contribution in [0.2, 0.25) is 0 Å². The monoisotopic (exact) mass is 269 g/mol. The summed E-state index contributed by atoms with van der Waals surface area (Å²) in [6.45, 7) is 2.60. The van der Waals surface area contributed by atoms with Gasteiger partial charge in [0.1, 0.15) is 0 Å². The van der Waals surface area contributed by atoms with E-state index in [0.29, 0.717) is 5.92 Å². The number of hydrogen-bond donors (Lipinski definition) is 2. The number of nitrogens with one attached hydrogen (secondary N) is 1. The lowest BCUT2D eigenvalue weighted by atomic mass is 10.2. The summed E-state index contributed by atoms with van der Waals surface area (Å²) in [4.78, 5) is 13.2. The highest BCUT2D eigenvalue weighted by atomic mass is 32.1. The Balaban J connectivity index is 1.78. The average Bonchev–Trinajstić information content (AvgIpc) is 3.02. The second-order valence-corrected chi connectivity index (χ2v) is 5.72. The topological polar surface area (TPSA) is 58.6 Å². The van der Waals surface area contributed by atoms with Gasteiger partial charge >= 0.3 is 0 Å². The smallest absolute Gasteiger partial charge is 0.223 e. The van der Waals surface area contributed by atoms with Crippen molar-refractivity contribution in [3.8, 4) is 0 Å². The van der Waals surface area contributed by atoms with Crippen LogP contribution in [0.1, 0.15) is 22.8 Å².